The maximum absolute atomic E-state index is 11.2. The van der Waals surface area contributed by atoms with Crippen molar-refractivity contribution >= 4 is 11.6 Å². The van der Waals surface area contributed by atoms with Crippen LogP contribution in [-0.4, -0.2) is 42.1 Å². The molecule has 1 aromatic rings. The van der Waals surface area contributed by atoms with Crippen LogP contribution in [0, 0.1) is 0 Å². The minimum atomic E-state index is -0.594. The standard InChI is InChI=1S/C12H18N4O2/c1-8(16-4-6-18-7-5-16)9-2-3-15-11(10(9)13)12(14)17/h2-3,8H,4-7,13H2,1H3,(H2,14,17). The second kappa shape index (κ2) is 5.32. The fraction of sp³-hybridized carbons (Fsp3) is 0.500. The highest BCUT2D eigenvalue weighted by atomic mass is 16.5. The summed E-state index contributed by atoms with van der Waals surface area (Å²) in [5.41, 5.74) is 12.6. The molecule has 98 valence electrons. The number of hydrogen-bond acceptors (Lipinski definition) is 5. The first kappa shape index (κ1) is 12.8. The van der Waals surface area contributed by atoms with Gasteiger partial charge in [-0.2, -0.15) is 0 Å². The van der Waals surface area contributed by atoms with Crippen LogP contribution in [-0.2, 0) is 4.74 Å². The van der Waals surface area contributed by atoms with Gasteiger partial charge in [0.1, 0.15) is 0 Å². The monoisotopic (exact) mass is 250 g/mol. The van der Waals surface area contributed by atoms with E-state index in [2.05, 4.69) is 16.8 Å². The summed E-state index contributed by atoms with van der Waals surface area (Å²) >= 11 is 0. The second-order valence-corrected chi connectivity index (χ2v) is 4.35. The zero-order chi connectivity index (χ0) is 13.1. The average Bonchev–Trinajstić information content (AvgIpc) is 2.39. The number of aromatic nitrogens is 1. The molecule has 4 N–H and O–H groups in total. The van der Waals surface area contributed by atoms with Gasteiger partial charge in [0, 0.05) is 25.3 Å². The molecule has 1 aliphatic rings. The van der Waals surface area contributed by atoms with Crippen molar-refractivity contribution in [2.45, 2.75) is 13.0 Å². The normalized spacial score (nSPS) is 18.5. The Morgan fingerprint density at radius 3 is 2.78 bits per heavy atom. The van der Waals surface area contributed by atoms with Crippen molar-refractivity contribution in [3.63, 3.8) is 0 Å². The molecule has 1 aromatic heterocycles. The molecule has 1 atom stereocenters. The van der Waals surface area contributed by atoms with Crippen LogP contribution >= 0.6 is 0 Å². The first-order valence-corrected chi connectivity index (χ1v) is 5.97. The summed E-state index contributed by atoms with van der Waals surface area (Å²) in [6.45, 7) is 5.21. The number of nitrogens with two attached hydrogens (primary N) is 2. The van der Waals surface area contributed by atoms with Gasteiger partial charge in [0.25, 0.3) is 5.91 Å². The molecule has 1 saturated heterocycles. The minimum absolute atomic E-state index is 0.120. The van der Waals surface area contributed by atoms with Crippen LogP contribution in [0.15, 0.2) is 12.3 Å². The fourth-order valence-electron chi connectivity index (χ4n) is 2.21. The minimum Gasteiger partial charge on any atom is -0.397 e. The Bertz CT molecular complexity index is 444. The first-order valence-electron chi connectivity index (χ1n) is 5.97. The van der Waals surface area contributed by atoms with E-state index in [0.717, 1.165) is 31.9 Å². The number of nitrogens with zero attached hydrogens (tertiary/aromatic N) is 2. The van der Waals surface area contributed by atoms with E-state index in [1.54, 1.807) is 6.20 Å². The molecule has 1 amide bonds. The van der Waals surface area contributed by atoms with Gasteiger partial charge in [-0.15, -0.1) is 0 Å². The molecule has 1 fully saturated rings. The van der Waals surface area contributed by atoms with Gasteiger partial charge in [-0.1, -0.05) is 0 Å². The van der Waals surface area contributed by atoms with E-state index in [1.165, 1.54) is 0 Å². The second-order valence-electron chi connectivity index (χ2n) is 4.35. The van der Waals surface area contributed by atoms with Crippen molar-refractivity contribution in [1.29, 1.82) is 0 Å². The van der Waals surface area contributed by atoms with Gasteiger partial charge in [-0.05, 0) is 18.6 Å². The molecule has 2 heterocycles. The Kier molecular flexibility index (Phi) is 3.78. The van der Waals surface area contributed by atoms with Crippen molar-refractivity contribution in [2.24, 2.45) is 5.73 Å². The van der Waals surface area contributed by atoms with E-state index < -0.39 is 5.91 Å². The van der Waals surface area contributed by atoms with Gasteiger partial charge in [-0.25, -0.2) is 4.98 Å². The number of carbonyl (C=O) groups is 1. The number of amides is 1. The van der Waals surface area contributed by atoms with E-state index >= 15 is 0 Å². The number of hydrogen-bond donors (Lipinski definition) is 2. The van der Waals surface area contributed by atoms with Gasteiger partial charge in [0.2, 0.25) is 0 Å². The fourth-order valence-corrected chi connectivity index (χ4v) is 2.21. The summed E-state index contributed by atoms with van der Waals surface area (Å²) in [6, 6.07) is 1.96. The maximum Gasteiger partial charge on any atom is 0.269 e. The molecule has 1 unspecified atom stereocenters. The molecular weight excluding hydrogens is 232 g/mol. The first-order chi connectivity index (χ1) is 8.61. The molecule has 6 nitrogen and oxygen atoms in total. The van der Waals surface area contributed by atoms with E-state index in [-0.39, 0.29) is 11.7 Å². The molecule has 0 bridgehead atoms. The molecule has 0 aliphatic carbocycles. The smallest absolute Gasteiger partial charge is 0.269 e. The predicted octanol–water partition coefficient (Wildman–Crippen LogP) is 0.156. The molecule has 0 saturated carbocycles. The number of nitrogen functional groups attached to an aromatic ring is 1. The van der Waals surface area contributed by atoms with Crippen LogP contribution < -0.4 is 11.5 Å². The van der Waals surface area contributed by atoms with Gasteiger partial charge in [0.05, 0.1) is 18.9 Å². The van der Waals surface area contributed by atoms with Crippen LogP contribution in [0.4, 0.5) is 5.69 Å². The lowest BCUT2D eigenvalue weighted by molar-refractivity contribution is 0.0199. The highest BCUT2D eigenvalue weighted by molar-refractivity contribution is 5.96. The molecule has 2 rings (SSSR count). The molecule has 18 heavy (non-hydrogen) atoms. The van der Waals surface area contributed by atoms with Crippen LogP contribution in [0.3, 0.4) is 0 Å². The number of anilines is 1. The van der Waals surface area contributed by atoms with E-state index in [9.17, 15) is 4.79 Å². The highest BCUT2D eigenvalue weighted by Crippen LogP contribution is 2.27. The van der Waals surface area contributed by atoms with Crippen molar-refractivity contribution in [2.75, 3.05) is 32.0 Å². The number of pyridine rings is 1. The lowest BCUT2D eigenvalue weighted by Gasteiger charge is -2.33. The van der Waals surface area contributed by atoms with E-state index in [1.807, 2.05) is 6.07 Å². The highest BCUT2D eigenvalue weighted by Gasteiger charge is 2.22. The lowest BCUT2D eigenvalue weighted by Crippen LogP contribution is -2.38. The zero-order valence-electron chi connectivity index (χ0n) is 10.4. The molecule has 0 aromatic carbocycles. The summed E-state index contributed by atoms with van der Waals surface area (Å²) in [6.07, 6.45) is 1.57. The third-order valence-corrected chi connectivity index (χ3v) is 3.30. The maximum atomic E-state index is 11.2. The van der Waals surface area contributed by atoms with Crippen LogP contribution in [0.1, 0.15) is 29.0 Å². The SMILES string of the molecule is CC(c1ccnc(C(N)=O)c1N)N1CCOCC1. The van der Waals surface area contributed by atoms with Crippen molar-refractivity contribution in [1.82, 2.24) is 9.88 Å². The van der Waals surface area contributed by atoms with E-state index in [4.69, 9.17) is 16.2 Å². The largest absolute Gasteiger partial charge is 0.397 e. The molecule has 1 aliphatic heterocycles. The Labute approximate surface area is 106 Å². The Morgan fingerprint density at radius 1 is 1.50 bits per heavy atom. The summed E-state index contributed by atoms with van der Waals surface area (Å²) in [5, 5.41) is 0. The van der Waals surface area contributed by atoms with Crippen molar-refractivity contribution in [3.05, 3.63) is 23.5 Å². The third-order valence-electron chi connectivity index (χ3n) is 3.30. The third kappa shape index (κ3) is 2.44. The lowest BCUT2D eigenvalue weighted by atomic mass is 10.0. The van der Waals surface area contributed by atoms with Crippen LogP contribution in [0.2, 0.25) is 0 Å². The Balaban J connectivity index is 2.26. The Hall–Kier alpha value is -1.66. The summed E-state index contributed by atoms with van der Waals surface area (Å²) in [4.78, 5) is 17.4. The number of ether oxygens (including phenoxy) is 1. The van der Waals surface area contributed by atoms with Crippen molar-refractivity contribution in [3.8, 4) is 0 Å². The molecular formula is C12H18N4O2. The summed E-state index contributed by atoms with van der Waals surface area (Å²) in [7, 11) is 0. The van der Waals surface area contributed by atoms with Crippen LogP contribution in [0.5, 0.6) is 0 Å². The zero-order valence-corrected chi connectivity index (χ0v) is 10.4. The number of carbonyl (C=O) groups excluding carboxylic acids is 1. The summed E-state index contributed by atoms with van der Waals surface area (Å²) < 4.78 is 5.32. The van der Waals surface area contributed by atoms with Gasteiger partial charge in [0.15, 0.2) is 5.69 Å². The summed E-state index contributed by atoms with van der Waals surface area (Å²) in [5.74, 6) is -0.594. The van der Waals surface area contributed by atoms with Gasteiger partial charge >= 0.3 is 0 Å². The van der Waals surface area contributed by atoms with Gasteiger partial charge in [-0.3, -0.25) is 9.69 Å². The molecule has 0 radical (unpaired) electrons. The molecule has 6 heteroatoms. The quantitative estimate of drug-likeness (QED) is 0.796. The number of morpholine rings is 1. The number of primary amides is 1. The Morgan fingerprint density at radius 2 is 2.17 bits per heavy atom. The predicted molar refractivity (Wildman–Crippen MR) is 68.0 cm³/mol. The number of rotatable bonds is 3. The topological polar surface area (TPSA) is 94.5 Å². The van der Waals surface area contributed by atoms with Gasteiger partial charge < -0.3 is 16.2 Å². The van der Waals surface area contributed by atoms with Crippen molar-refractivity contribution < 1.29 is 9.53 Å². The van der Waals surface area contributed by atoms with E-state index in [0.29, 0.717) is 5.69 Å². The van der Waals surface area contributed by atoms with Crippen LogP contribution in [0.25, 0.3) is 0 Å². The molecule has 0 spiro atoms. The average molecular weight is 250 g/mol.